The summed E-state index contributed by atoms with van der Waals surface area (Å²) in [5.74, 6) is -0.950. The smallest absolute Gasteiger partial charge is 0.417 e. The molecule has 96 valence electrons. The lowest BCUT2D eigenvalue weighted by Gasteiger charge is -2.09. The molecule has 0 atom stereocenters. The maximum Gasteiger partial charge on any atom is 0.417 e. The zero-order valence-corrected chi connectivity index (χ0v) is 9.10. The number of carbonyl (C=O) groups excluding carboxylic acids is 1. The van der Waals surface area contributed by atoms with E-state index in [-0.39, 0.29) is 6.61 Å². The summed E-state index contributed by atoms with van der Waals surface area (Å²) in [6.45, 7) is 1.55. The number of nitrogens with zero attached hydrogens (tertiary/aromatic N) is 4. The van der Waals surface area contributed by atoms with Crippen molar-refractivity contribution in [3.8, 4) is 0 Å². The molecule has 0 aliphatic carbocycles. The second kappa shape index (κ2) is 5.37. The van der Waals surface area contributed by atoms with Gasteiger partial charge in [-0.2, -0.15) is 13.2 Å². The van der Waals surface area contributed by atoms with Crippen molar-refractivity contribution in [2.45, 2.75) is 13.1 Å². The molecule has 0 bridgehead atoms. The Morgan fingerprint density at radius 3 is 2.78 bits per heavy atom. The maximum absolute atomic E-state index is 12.4. The normalized spacial score (nSPS) is 10.7. The topological polar surface area (TPSA) is 88.0 Å². The van der Waals surface area contributed by atoms with E-state index in [1.807, 2.05) is 0 Å². The molecule has 0 aliphatic rings. The molecule has 18 heavy (non-hydrogen) atoms. The van der Waals surface area contributed by atoms with Gasteiger partial charge in [0.25, 0.3) is 0 Å². The number of hydrogen-bond donors (Lipinski definition) is 0. The van der Waals surface area contributed by atoms with E-state index in [1.54, 1.807) is 0 Å². The summed E-state index contributed by atoms with van der Waals surface area (Å²) in [4.78, 5) is 17.0. The summed E-state index contributed by atoms with van der Waals surface area (Å²) in [6, 6.07) is 0.541. The van der Waals surface area contributed by atoms with Gasteiger partial charge in [-0.3, -0.25) is 0 Å². The van der Waals surface area contributed by atoms with Gasteiger partial charge < -0.3 is 4.74 Å². The second-order valence-electron chi connectivity index (χ2n) is 3.00. The predicted molar refractivity (Wildman–Crippen MR) is 54.0 cm³/mol. The zero-order chi connectivity index (χ0) is 13.8. The maximum atomic E-state index is 12.4. The molecule has 0 fully saturated rings. The Kier molecular flexibility index (Phi) is 4.11. The minimum absolute atomic E-state index is 0.0250. The summed E-state index contributed by atoms with van der Waals surface area (Å²) < 4.78 is 41.8. The van der Waals surface area contributed by atoms with Gasteiger partial charge in [0.05, 0.1) is 17.9 Å². The van der Waals surface area contributed by atoms with Gasteiger partial charge in [-0.25, -0.2) is 9.78 Å². The minimum atomic E-state index is -4.64. The molecule has 0 aromatic carbocycles. The second-order valence-corrected chi connectivity index (χ2v) is 3.00. The summed E-state index contributed by atoms with van der Waals surface area (Å²) in [7, 11) is 0. The van der Waals surface area contributed by atoms with Gasteiger partial charge in [-0.05, 0) is 18.5 Å². The number of rotatable bonds is 3. The van der Waals surface area contributed by atoms with Crippen LogP contribution in [0.1, 0.15) is 23.0 Å². The number of pyridine rings is 1. The third-order valence-electron chi connectivity index (χ3n) is 1.82. The van der Waals surface area contributed by atoms with E-state index >= 15 is 0 Å². The van der Waals surface area contributed by atoms with Gasteiger partial charge in [0.15, 0.2) is 5.69 Å². The van der Waals surface area contributed by atoms with Crippen molar-refractivity contribution in [3.05, 3.63) is 34.0 Å². The average Bonchev–Trinajstić information content (AvgIpc) is 2.28. The molecule has 0 amide bonds. The molecular formula is C9H7F3N4O2. The number of esters is 1. The van der Waals surface area contributed by atoms with E-state index in [0.717, 1.165) is 0 Å². The van der Waals surface area contributed by atoms with Crippen molar-refractivity contribution in [1.29, 1.82) is 0 Å². The summed E-state index contributed by atoms with van der Waals surface area (Å²) >= 11 is 0. The fraction of sp³-hybridized carbons (Fsp3) is 0.333. The number of alkyl halides is 3. The lowest BCUT2D eigenvalue weighted by atomic mass is 10.2. The van der Waals surface area contributed by atoms with Crippen LogP contribution >= 0.6 is 0 Å². The third kappa shape index (κ3) is 3.11. The summed E-state index contributed by atoms with van der Waals surface area (Å²) in [6.07, 6.45) is -4.16. The molecule has 1 heterocycles. The number of ether oxygens (including phenoxy) is 1. The van der Waals surface area contributed by atoms with E-state index in [2.05, 4.69) is 19.7 Å². The first kappa shape index (κ1) is 13.8. The molecule has 0 N–H and O–H groups in total. The Balaban J connectivity index is 3.29. The number of halogens is 3. The van der Waals surface area contributed by atoms with Crippen LogP contribution in [0, 0.1) is 0 Å². The molecule has 0 aliphatic heterocycles. The van der Waals surface area contributed by atoms with Gasteiger partial charge in [0.1, 0.15) is 0 Å². The summed E-state index contributed by atoms with van der Waals surface area (Å²) in [5, 5.41) is 3.00. The number of azide groups is 1. The SMILES string of the molecule is CCOC(=O)c1ncc(C(F)(F)F)cc1N=[N+]=[N-]. The first-order valence-electron chi connectivity index (χ1n) is 4.69. The molecule has 1 aromatic rings. The van der Waals surface area contributed by atoms with Gasteiger partial charge in [-0.1, -0.05) is 5.11 Å². The van der Waals surface area contributed by atoms with Crippen molar-refractivity contribution in [1.82, 2.24) is 4.98 Å². The number of aromatic nitrogens is 1. The molecule has 0 saturated heterocycles. The molecule has 9 heteroatoms. The van der Waals surface area contributed by atoms with Crippen molar-refractivity contribution < 1.29 is 22.7 Å². The highest BCUT2D eigenvalue weighted by molar-refractivity contribution is 5.92. The summed E-state index contributed by atoms with van der Waals surface area (Å²) in [5.41, 5.74) is 6.16. The van der Waals surface area contributed by atoms with Crippen LogP contribution in [0.4, 0.5) is 18.9 Å². The van der Waals surface area contributed by atoms with Crippen LogP contribution in [0.2, 0.25) is 0 Å². The van der Waals surface area contributed by atoms with E-state index < -0.39 is 29.1 Å². The highest BCUT2D eigenvalue weighted by atomic mass is 19.4. The average molecular weight is 260 g/mol. The largest absolute Gasteiger partial charge is 0.461 e. The lowest BCUT2D eigenvalue weighted by Crippen LogP contribution is -2.11. The van der Waals surface area contributed by atoms with Crippen LogP contribution in [-0.2, 0) is 10.9 Å². The number of hydrogen-bond acceptors (Lipinski definition) is 4. The van der Waals surface area contributed by atoms with Crippen molar-refractivity contribution in [2.24, 2.45) is 5.11 Å². The van der Waals surface area contributed by atoms with Gasteiger partial charge in [-0.15, -0.1) is 0 Å². The van der Waals surface area contributed by atoms with Crippen molar-refractivity contribution >= 4 is 11.7 Å². The van der Waals surface area contributed by atoms with Crippen LogP contribution in [0.15, 0.2) is 17.4 Å². The molecule has 1 aromatic heterocycles. The van der Waals surface area contributed by atoms with E-state index in [1.165, 1.54) is 6.92 Å². The highest BCUT2D eigenvalue weighted by Crippen LogP contribution is 2.32. The highest BCUT2D eigenvalue weighted by Gasteiger charge is 2.32. The molecule has 0 spiro atoms. The Hall–Kier alpha value is -2.28. The molecule has 6 nitrogen and oxygen atoms in total. The van der Waals surface area contributed by atoms with Crippen molar-refractivity contribution in [3.63, 3.8) is 0 Å². The monoisotopic (exact) mass is 260 g/mol. The lowest BCUT2D eigenvalue weighted by molar-refractivity contribution is -0.137. The van der Waals surface area contributed by atoms with Crippen LogP contribution in [0.25, 0.3) is 10.4 Å². The van der Waals surface area contributed by atoms with E-state index in [0.29, 0.717) is 12.3 Å². The first-order chi connectivity index (χ1) is 8.40. The molecule has 0 radical (unpaired) electrons. The van der Waals surface area contributed by atoms with Crippen molar-refractivity contribution in [2.75, 3.05) is 6.61 Å². The minimum Gasteiger partial charge on any atom is -0.461 e. The molecule has 1 rings (SSSR count). The molecule has 0 unspecified atom stereocenters. The first-order valence-corrected chi connectivity index (χ1v) is 4.69. The van der Waals surface area contributed by atoms with Crippen LogP contribution in [0.5, 0.6) is 0 Å². The quantitative estimate of drug-likeness (QED) is 0.361. The fourth-order valence-corrected chi connectivity index (χ4v) is 1.09. The number of carbonyl (C=O) groups is 1. The zero-order valence-electron chi connectivity index (χ0n) is 9.10. The Bertz CT molecular complexity index is 509. The Morgan fingerprint density at radius 2 is 2.28 bits per heavy atom. The molecular weight excluding hydrogens is 253 g/mol. The van der Waals surface area contributed by atoms with Crippen LogP contribution in [-0.4, -0.2) is 17.6 Å². The van der Waals surface area contributed by atoms with Crippen LogP contribution < -0.4 is 0 Å². The van der Waals surface area contributed by atoms with Gasteiger partial charge >= 0.3 is 12.1 Å². The Morgan fingerprint density at radius 1 is 1.61 bits per heavy atom. The van der Waals surface area contributed by atoms with E-state index in [9.17, 15) is 18.0 Å². The van der Waals surface area contributed by atoms with Gasteiger partial charge in [0.2, 0.25) is 0 Å². The fourth-order valence-electron chi connectivity index (χ4n) is 1.09. The Labute approximate surface area is 99.0 Å². The third-order valence-corrected chi connectivity index (χ3v) is 1.82. The van der Waals surface area contributed by atoms with E-state index in [4.69, 9.17) is 5.53 Å². The van der Waals surface area contributed by atoms with Crippen LogP contribution in [0.3, 0.4) is 0 Å². The van der Waals surface area contributed by atoms with Gasteiger partial charge in [0, 0.05) is 11.1 Å². The predicted octanol–water partition coefficient (Wildman–Crippen LogP) is 3.22. The standard InChI is InChI=1S/C9H7F3N4O2/c1-2-18-8(17)7-6(15-16-13)3-5(4-14-7)9(10,11)12/h3-4H,2H2,1H3. The molecule has 0 saturated carbocycles.